The van der Waals surface area contributed by atoms with E-state index >= 15 is 0 Å². The molecule has 3 atom stereocenters. The minimum atomic E-state index is -0.934. The van der Waals surface area contributed by atoms with Crippen molar-refractivity contribution in [1.82, 2.24) is 15.1 Å². The third kappa shape index (κ3) is 2.73. The molecule has 3 unspecified atom stereocenters. The molecule has 152 valence electrons. The number of carbonyl (C=O) groups excluding carboxylic acids is 4. The molecular formula is C21H24N4O4. The summed E-state index contributed by atoms with van der Waals surface area (Å²) in [6, 6.07) is 4.85. The average Bonchev–Trinajstić information content (AvgIpc) is 3.35. The summed E-state index contributed by atoms with van der Waals surface area (Å²) < 4.78 is 0. The second-order valence-corrected chi connectivity index (χ2v) is 8.79. The van der Waals surface area contributed by atoms with Gasteiger partial charge >= 0.3 is 0 Å². The van der Waals surface area contributed by atoms with Gasteiger partial charge in [0.1, 0.15) is 6.04 Å². The van der Waals surface area contributed by atoms with E-state index < -0.39 is 23.8 Å². The molecule has 0 radical (unpaired) electrons. The molecule has 8 nitrogen and oxygen atoms in total. The topological polar surface area (TPSA) is 113 Å². The Bertz CT molecular complexity index is 945. The predicted molar refractivity (Wildman–Crippen MR) is 103 cm³/mol. The Morgan fingerprint density at radius 2 is 1.97 bits per heavy atom. The van der Waals surface area contributed by atoms with Crippen molar-refractivity contribution in [3.8, 4) is 0 Å². The van der Waals surface area contributed by atoms with E-state index in [9.17, 15) is 19.2 Å². The van der Waals surface area contributed by atoms with Crippen molar-refractivity contribution < 1.29 is 19.2 Å². The minimum Gasteiger partial charge on any atom is -0.330 e. The van der Waals surface area contributed by atoms with Crippen LogP contribution in [0.2, 0.25) is 0 Å². The molecule has 3 fully saturated rings. The highest BCUT2D eigenvalue weighted by Gasteiger charge is 2.49. The number of hydrogen-bond donors (Lipinski definition) is 2. The normalized spacial score (nSPS) is 31.6. The van der Waals surface area contributed by atoms with Crippen molar-refractivity contribution in [3.63, 3.8) is 0 Å². The molecule has 3 N–H and O–H groups in total. The first-order valence-electron chi connectivity index (χ1n) is 10.2. The highest BCUT2D eigenvalue weighted by Crippen LogP contribution is 2.47. The van der Waals surface area contributed by atoms with Gasteiger partial charge in [0.15, 0.2) is 0 Å². The zero-order chi connectivity index (χ0) is 20.3. The molecule has 3 heterocycles. The number of hydrogen-bond acceptors (Lipinski definition) is 6. The van der Waals surface area contributed by atoms with Crippen LogP contribution in [0.1, 0.15) is 58.4 Å². The van der Waals surface area contributed by atoms with Crippen LogP contribution in [0.15, 0.2) is 18.2 Å². The first-order chi connectivity index (χ1) is 13.9. The molecule has 1 aliphatic carbocycles. The van der Waals surface area contributed by atoms with Crippen LogP contribution >= 0.6 is 0 Å². The van der Waals surface area contributed by atoms with E-state index in [0.717, 1.165) is 36.3 Å². The van der Waals surface area contributed by atoms with E-state index in [0.29, 0.717) is 30.3 Å². The van der Waals surface area contributed by atoms with Gasteiger partial charge in [0.05, 0.1) is 11.1 Å². The molecule has 3 aliphatic heterocycles. The van der Waals surface area contributed by atoms with Crippen LogP contribution in [-0.2, 0) is 16.1 Å². The summed E-state index contributed by atoms with van der Waals surface area (Å²) in [7, 11) is 0. The molecule has 1 aromatic rings. The molecule has 2 bridgehead atoms. The van der Waals surface area contributed by atoms with Gasteiger partial charge in [-0.25, -0.2) is 0 Å². The number of nitrogens with zero attached hydrogens (tertiary/aromatic N) is 2. The maximum atomic E-state index is 13.2. The van der Waals surface area contributed by atoms with E-state index in [2.05, 4.69) is 10.2 Å². The van der Waals surface area contributed by atoms with E-state index in [-0.39, 0.29) is 24.2 Å². The number of benzene rings is 1. The Hall–Kier alpha value is -2.58. The van der Waals surface area contributed by atoms with Gasteiger partial charge in [-0.1, -0.05) is 12.1 Å². The quantitative estimate of drug-likeness (QED) is 0.713. The summed E-state index contributed by atoms with van der Waals surface area (Å²) in [5.41, 5.74) is 7.76. The number of amides is 4. The van der Waals surface area contributed by atoms with E-state index in [1.807, 2.05) is 6.07 Å². The zero-order valence-electron chi connectivity index (χ0n) is 16.1. The zero-order valence-corrected chi connectivity index (χ0v) is 16.1. The van der Waals surface area contributed by atoms with Crippen molar-refractivity contribution in [2.45, 2.75) is 50.7 Å². The first kappa shape index (κ1) is 18.4. The largest absolute Gasteiger partial charge is 0.330 e. The standard InChI is InChI=1S/C21H24N4O4/c22-10-21-7-6-13(8-21)24(11-21)9-12-2-1-3-14-17(12)20(29)25(19(14)28)15-4-5-16(26)23-18(15)27/h1-3,13,15H,4-11,22H2,(H,23,26,27). The second-order valence-electron chi connectivity index (χ2n) is 8.79. The summed E-state index contributed by atoms with van der Waals surface area (Å²) in [6.45, 7) is 2.18. The van der Waals surface area contributed by atoms with Crippen LogP contribution in [0.5, 0.6) is 0 Å². The third-order valence-electron chi connectivity index (χ3n) is 7.09. The van der Waals surface area contributed by atoms with Crippen LogP contribution in [0.25, 0.3) is 0 Å². The Kier molecular flexibility index (Phi) is 4.11. The fourth-order valence-corrected chi connectivity index (χ4v) is 5.56. The molecule has 4 aliphatic rings. The number of likely N-dealkylation sites (tertiary alicyclic amines) is 1. The van der Waals surface area contributed by atoms with Crippen LogP contribution in [-0.4, -0.2) is 58.6 Å². The number of piperidine rings is 2. The van der Waals surface area contributed by atoms with Crippen molar-refractivity contribution in [3.05, 3.63) is 34.9 Å². The van der Waals surface area contributed by atoms with Crippen molar-refractivity contribution in [2.24, 2.45) is 11.1 Å². The number of imide groups is 2. The van der Waals surface area contributed by atoms with E-state index in [4.69, 9.17) is 5.73 Å². The van der Waals surface area contributed by atoms with Gasteiger partial charge in [-0.15, -0.1) is 0 Å². The number of carbonyl (C=O) groups is 4. The fourth-order valence-electron chi connectivity index (χ4n) is 5.56. The van der Waals surface area contributed by atoms with Gasteiger partial charge in [-0.2, -0.15) is 0 Å². The number of fused-ring (bicyclic) bond motifs is 3. The summed E-state index contributed by atoms with van der Waals surface area (Å²) in [5.74, 6) is -1.85. The molecule has 0 spiro atoms. The molecule has 1 aromatic carbocycles. The Labute approximate surface area is 168 Å². The van der Waals surface area contributed by atoms with Crippen molar-refractivity contribution in [2.75, 3.05) is 13.1 Å². The van der Waals surface area contributed by atoms with Gasteiger partial charge in [0.25, 0.3) is 11.8 Å². The number of nitrogens with one attached hydrogen (secondary N) is 1. The smallest absolute Gasteiger partial charge is 0.262 e. The first-order valence-corrected chi connectivity index (χ1v) is 10.2. The lowest BCUT2D eigenvalue weighted by Crippen LogP contribution is -2.54. The minimum absolute atomic E-state index is 0.118. The maximum absolute atomic E-state index is 13.2. The van der Waals surface area contributed by atoms with E-state index in [1.165, 1.54) is 0 Å². The van der Waals surface area contributed by atoms with Crippen molar-refractivity contribution >= 4 is 23.6 Å². The molecule has 2 saturated heterocycles. The van der Waals surface area contributed by atoms with Crippen molar-refractivity contribution in [1.29, 1.82) is 0 Å². The Balaban J connectivity index is 1.43. The Morgan fingerprint density at radius 1 is 1.14 bits per heavy atom. The van der Waals surface area contributed by atoms with Crippen LogP contribution in [0.3, 0.4) is 0 Å². The lowest BCUT2D eigenvalue weighted by molar-refractivity contribution is -0.136. The van der Waals surface area contributed by atoms with Crippen LogP contribution in [0, 0.1) is 5.41 Å². The molecular weight excluding hydrogens is 372 g/mol. The SMILES string of the molecule is NCC12CCC(C1)N(Cc1cccc3c1C(=O)N(C1CCC(=O)NC1=O)C3=O)C2. The Morgan fingerprint density at radius 3 is 2.69 bits per heavy atom. The molecule has 5 rings (SSSR count). The van der Waals surface area contributed by atoms with Crippen LogP contribution in [0.4, 0.5) is 0 Å². The van der Waals surface area contributed by atoms with E-state index in [1.54, 1.807) is 12.1 Å². The maximum Gasteiger partial charge on any atom is 0.262 e. The molecule has 4 amide bonds. The van der Waals surface area contributed by atoms with Gasteiger partial charge in [-0.05, 0) is 49.3 Å². The molecule has 8 heteroatoms. The molecule has 1 saturated carbocycles. The lowest BCUT2D eigenvalue weighted by atomic mass is 9.87. The van der Waals surface area contributed by atoms with Gasteiger partial charge < -0.3 is 5.73 Å². The lowest BCUT2D eigenvalue weighted by Gasteiger charge is -2.32. The number of nitrogens with two attached hydrogens (primary N) is 1. The summed E-state index contributed by atoms with van der Waals surface area (Å²) >= 11 is 0. The monoisotopic (exact) mass is 396 g/mol. The van der Waals surface area contributed by atoms with Gasteiger partial charge in [0.2, 0.25) is 11.8 Å². The summed E-state index contributed by atoms with van der Waals surface area (Å²) in [4.78, 5) is 53.3. The van der Waals surface area contributed by atoms with Crippen LogP contribution < -0.4 is 11.1 Å². The summed E-state index contributed by atoms with van der Waals surface area (Å²) in [6.07, 6.45) is 3.64. The summed E-state index contributed by atoms with van der Waals surface area (Å²) in [5, 5.41) is 2.23. The van der Waals surface area contributed by atoms with Gasteiger partial charge in [0, 0.05) is 25.6 Å². The number of rotatable bonds is 4. The average molecular weight is 396 g/mol. The third-order valence-corrected chi connectivity index (χ3v) is 7.09. The molecule has 29 heavy (non-hydrogen) atoms. The molecule has 0 aromatic heterocycles. The van der Waals surface area contributed by atoms with Gasteiger partial charge in [-0.3, -0.25) is 34.3 Å². The highest BCUT2D eigenvalue weighted by atomic mass is 16.2. The highest BCUT2D eigenvalue weighted by molar-refractivity contribution is 6.24. The second kappa shape index (κ2) is 6.47. The fraction of sp³-hybridized carbons (Fsp3) is 0.524. The predicted octanol–water partition coefficient (Wildman–Crippen LogP) is 0.401.